The van der Waals surface area contributed by atoms with Crippen molar-refractivity contribution in [1.29, 1.82) is 0 Å². The van der Waals surface area contributed by atoms with Gasteiger partial charge < -0.3 is 9.47 Å². The lowest BCUT2D eigenvalue weighted by molar-refractivity contribution is -0.125. The van der Waals surface area contributed by atoms with Crippen molar-refractivity contribution in [3.8, 4) is 0 Å². The van der Waals surface area contributed by atoms with E-state index in [4.69, 9.17) is 9.47 Å². The SMILES string of the molecule is CCO[C@@H]1C2C3[C@@H]1[C@H]3[C@H]2OCC. The number of fused-ring (bicyclic) bond motifs is 1. The van der Waals surface area contributed by atoms with E-state index in [-0.39, 0.29) is 0 Å². The van der Waals surface area contributed by atoms with Crippen LogP contribution >= 0.6 is 0 Å². The maximum Gasteiger partial charge on any atom is 0.0665 e. The van der Waals surface area contributed by atoms with Crippen molar-refractivity contribution >= 4 is 0 Å². The van der Waals surface area contributed by atoms with Gasteiger partial charge in [0.2, 0.25) is 0 Å². The molecule has 0 saturated heterocycles. The normalized spacial score (nSPS) is 58.5. The van der Waals surface area contributed by atoms with Crippen LogP contribution in [0.5, 0.6) is 0 Å². The summed E-state index contributed by atoms with van der Waals surface area (Å²) in [6.07, 6.45) is 1.14. The lowest BCUT2D eigenvalue weighted by Crippen LogP contribution is -2.47. The van der Waals surface area contributed by atoms with Gasteiger partial charge in [-0.25, -0.2) is 0 Å². The van der Waals surface area contributed by atoms with Gasteiger partial charge in [0.05, 0.1) is 12.2 Å². The molecule has 3 saturated carbocycles. The van der Waals surface area contributed by atoms with Gasteiger partial charge >= 0.3 is 0 Å². The summed E-state index contributed by atoms with van der Waals surface area (Å²) in [6, 6.07) is 0. The zero-order chi connectivity index (χ0) is 8.29. The van der Waals surface area contributed by atoms with Gasteiger partial charge in [-0.15, -0.1) is 0 Å². The van der Waals surface area contributed by atoms with E-state index in [1.807, 2.05) is 0 Å². The Balaban J connectivity index is 1.62. The van der Waals surface area contributed by atoms with Crippen LogP contribution in [0.15, 0.2) is 0 Å². The second kappa shape index (κ2) is 2.24. The van der Waals surface area contributed by atoms with Crippen LogP contribution in [0.2, 0.25) is 0 Å². The minimum absolute atomic E-state index is 0.571. The molecule has 0 aromatic carbocycles. The van der Waals surface area contributed by atoms with Crippen LogP contribution in [0.4, 0.5) is 0 Å². The highest BCUT2D eigenvalue weighted by molar-refractivity contribution is 5.31. The van der Waals surface area contributed by atoms with Crippen molar-refractivity contribution in [2.24, 2.45) is 23.7 Å². The summed E-state index contributed by atoms with van der Waals surface area (Å²) < 4.78 is 11.4. The van der Waals surface area contributed by atoms with E-state index in [9.17, 15) is 0 Å². The first-order valence-electron chi connectivity index (χ1n) is 5.13. The quantitative estimate of drug-likeness (QED) is 0.630. The average Bonchev–Trinajstić information content (AvgIpc) is 2.45. The Morgan fingerprint density at radius 1 is 0.750 bits per heavy atom. The number of ether oxygens (including phenoxy) is 2. The third-order valence-electron chi connectivity index (χ3n) is 3.87. The topological polar surface area (TPSA) is 18.5 Å². The van der Waals surface area contributed by atoms with Crippen LogP contribution in [0.25, 0.3) is 0 Å². The fourth-order valence-electron chi connectivity index (χ4n) is 3.45. The summed E-state index contributed by atoms with van der Waals surface area (Å²) >= 11 is 0. The molecule has 3 rings (SSSR count). The predicted molar refractivity (Wildman–Crippen MR) is 44.8 cm³/mol. The van der Waals surface area contributed by atoms with E-state index in [1.165, 1.54) is 0 Å². The maximum atomic E-state index is 5.68. The van der Waals surface area contributed by atoms with E-state index in [0.29, 0.717) is 12.2 Å². The Hall–Kier alpha value is -0.0800. The zero-order valence-corrected chi connectivity index (χ0v) is 7.69. The van der Waals surface area contributed by atoms with E-state index in [1.54, 1.807) is 0 Å². The molecule has 0 aliphatic heterocycles. The Kier molecular flexibility index (Phi) is 1.37. The summed E-state index contributed by atoms with van der Waals surface area (Å²) in [5.41, 5.74) is 0. The molecule has 3 aliphatic rings. The van der Waals surface area contributed by atoms with Crippen molar-refractivity contribution in [1.82, 2.24) is 0 Å². The second-order valence-corrected chi connectivity index (χ2v) is 4.15. The Labute approximate surface area is 73.2 Å². The molecule has 0 aromatic heterocycles. The largest absolute Gasteiger partial charge is 0.378 e. The van der Waals surface area contributed by atoms with E-state index < -0.39 is 0 Å². The van der Waals surface area contributed by atoms with Crippen LogP contribution < -0.4 is 0 Å². The van der Waals surface area contributed by atoms with Crippen LogP contribution in [-0.2, 0) is 9.47 Å². The molecule has 0 N–H and O–H groups in total. The van der Waals surface area contributed by atoms with Crippen LogP contribution in [0.3, 0.4) is 0 Å². The molecule has 3 fully saturated rings. The summed E-state index contributed by atoms with van der Waals surface area (Å²) in [7, 11) is 0. The van der Waals surface area contributed by atoms with E-state index >= 15 is 0 Å². The Morgan fingerprint density at radius 3 is 1.67 bits per heavy atom. The van der Waals surface area contributed by atoms with E-state index in [2.05, 4.69) is 13.8 Å². The van der Waals surface area contributed by atoms with Gasteiger partial charge in [-0.2, -0.15) is 0 Å². The molecule has 0 heterocycles. The first kappa shape index (κ1) is 7.34. The van der Waals surface area contributed by atoms with Crippen molar-refractivity contribution in [3.05, 3.63) is 0 Å². The molecule has 2 unspecified atom stereocenters. The highest BCUT2D eigenvalue weighted by atomic mass is 16.5. The van der Waals surface area contributed by atoms with Crippen molar-refractivity contribution in [2.45, 2.75) is 26.1 Å². The van der Waals surface area contributed by atoms with Gasteiger partial charge in [-0.1, -0.05) is 0 Å². The van der Waals surface area contributed by atoms with Gasteiger partial charge in [0.15, 0.2) is 0 Å². The van der Waals surface area contributed by atoms with Crippen LogP contribution in [0, 0.1) is 23.7 Å². The van der Waals surface area contributed by atoms with Gasteiger partial charge in [-0.05, 0) is 31.6 Å². The summed E-state index contributed by atoms with van der Waals surface area (Å²) in [6.45, 7) is 5.91. The molecule has 0 radical (unpaired) electrons. The van der Waals surface area contributed by atoms with Crippen molar-refractivity contribution in [2.75, 3.05) is 13.2 Å². The lowest BCUT2D eigenvalue weighted by Gasteiger charge is -2.41. The first-order valence-corrected chi connectivity index (χ1v) is 5.13. The highest BCUT2D eigenvalue weighted by Gasteiger charge is 2.83. The molecule has 68 valence electrons. The molecule has 0 bridgehead atoms. The fourth-order valence-corrected chi connectivity index (χ4v) is 3.45. The highest BCUT2D eigenvalue weighted by Crippen LogP contribution is 2.79. The predicted octanol–water partition coefficient (Wildman–Crippen LogP) is 1.30. The third kappa shape index (κ3) is 0.612. The molecule has 6 atom stereocenters. The summed E-state index contributed by atoms with van der Waals surface area (Å²) in [5, 5.41) is 0. The lowest BCUT2D eigenvalue weighted by atomic mass is 9.74. The smallest absolute Gasteiger partial charge is 0.0665 e. The molecule has 12 heavy (non-hydrogen) atoms. The first-order chi connectivity index (χ1) is 5.90. The molecule has 0 aromatic rings. The maximum absolute atomic E-state index is 5.68. The number of hydrogen-bond acceptors (Lipinski definition) is 2. The summed E-state index contributed by atoms with van der Waals surface area (Å²) in [5.74, 6) is 3.58. The van der Waals surface area contributed by atoms with Gasteiger partial charge in [0.1, 0.15) is 0 Å². The molecular formula is C10H16O2. The molecule has 3 aliphatic carbocycles. The van der Waals surface area contributed by atoms with Gasteiger partial charge in [0.25, 0.3) is 0 Å². The second-order valence-electron chi connectivity index (χ2n) is 4.15. The standard InChI is InChI=1S/C10H16O2/c1-3-11-9-6-5-7(6)10(8(5)9)12-4-2/h5-10H,3-4H2,1-2H3/t5?,6-,7+,8?,9+,10-. The van der Waals surface area contributed by atoms with E-state index in [0.717, 1.165) is 36.9 Å². The molecule has 0 spiro atoms. The Bertz CT molecular complexity index is 184. The molecule has 2 heteroatoms. The number of hydrogen-bond donors (Lipinski definition) is 0. The van der Waals surface area contributed by atoms with Crippen LogP contribution in [-0.4, -0.2) is 25.4 Å². The number of rotatable bonds is 4. The minimum atomic E-state index is 0.571. The zero-order valence-electron chi connectivity index (χ0n) is 7.69. The average molecular weight is 168 g/mol. The van der Waals surface area contributed by atoms with Gasteiger partial charge in [0, 0.05) is 19.1 Å². The monoisotopic (exact) mass is 168 g/mol. The Morgan fingerprint density at radius 2 is 1.25 bits per heavy atom. The molecular weight excluding hydrogens is 152 g/mol. The molecule has 2 nitrogen and oxygen atoms in total. The van der Waals surface area contributed by atoms with Crippen molar-refractivity contribution < 1.29 is 9.47 Å². The molecule has 0 amide bonds. The fraction of sp³-hybridized carbons (Fsp3) is 1.00. The third-order valence-corrected chi connectivity index (χ3v) is 3.87. The minimum Gasteiger partial charge on any atom is -0.378 e. The summed E-state index contributed by atoms with van der Waals surface area (Å²) in [4.78, 5) is 0. The van der Waals surface area contributed by atoms with Crippen LogP contribution in [0.1, 0.15) is 13.8 Å². The van der Waals surface area contributed by atoms with Gasteiger partial charge in [-0.3, -0.25) is 0 Å². The van der Waals surface area contributed by atoms with Crippen molar-refractivity contribution in [3.63, 3.8) is 0 Å².